The maximum Gasteiger partial charge on any atom is 0.243 e. The summed E-state index contributed by atoms with van der Waals surface area (Å²) in [5.41, 5.74) is 1.43. The molecule has 0 unspecified atom stereocenters. The van der Waals surface area contributed by atoms with E-state index in [1.807, 2.05) is 6.07 Å². The summed E-state index contributed by atoms with van der Waals surface area (Å²) in [5, 5.41) is 16.6. The van der Waals surface area contributed by atoms with Crippen molar-refractivity contribution in [1.82, 2.24) is 4.98 Å². The van der Waals surface area contributed by atoms with E-state index in [-0.39, 0.29) is 0 Å². The maximum absolute atomic E-state index is 10.6. The lowest BCUT2D eigenvalue weighted by Gasteiger charge is -2.24. The number of hydrogen-bond acceptors (Lipinski definition) is 5. The van der Waals surface area contributed by atoms with Crippen molar-refractivity contribution in [3.8, 4) is 5.75 Å². The van der Waals surface area contributed by atoms with Gasteiger partial charge in [-0.3, -0.25) is 0 Å². The van der Waals surface area contributed by atoms with Crippen LogP contribution in [-0.2, 0) is 5.85 Å². The van der Waals surface area contributed by atoms with Gasteiger partial charge in [-0.05, 0) is 46.3 Å². The average molecular weight is 322 g/mol. The van der Waals surface area contributed by atoms with Gasteiger partial charge in [0.15, 0.2) is 5.82 Å². The highest BCUT2D eigenvalue weighted by atomic mass is 79.9. The highest BCUT2D eigenvalue weighted by molar-refractivity contribution is 9.10. The molecule has 3 rings (SSSR count). The Kier molecular flexibility index (Phi) is 2.83. The minimum atomic E-state index is -1.36. The molecular formula is C13H12BrN3O2. The summed E-state index contributed by atoms with van der Waals surface area (Å²) in [7, 11) is 1.60. The summed E-state index contributed by atoms with van der Waals surface area (Å²) >= 11 is 3.35. The van der Waals surface area contributed by atoms with E-state index in [4.69, 9.17) is 4.74 Å². The lowest BCUT2D eigenvalue weighted by molar-refractivity contribution is 0.104. The van der Waals surface area contributed by atoms with Gasteiger partial charge in [0, 0.05) is 16.2 Å². The van der Waals surface area contributed by atoms with E-state index in [0.29, 0.717) is 11.4 Å². The fourth-order valence-corrected chi connectivity index (χ4v) is 2.34. The van der Waals surface area contributed by atoms with Crippen LogP contribution in [0, 0.1) is 0 Å². The van der Waals surface area contributed by atoms with Crippen molar-refractivity contribution in [3.05, 3.63) is 46.6 Å². The Hall–Kier alpha value is -1.79. The third-order valence-electron chi connectivity index (χ3n) is 2.98. The molecule has 0 bridgehead atoms. The molecule has 6 heteroatoms. The normalized spacial score (nSPS) is 20.4. The first-order valence-electron chi connectivity index (χ1n) is 5.69. The molecule has 0 amide bonds. The Morgan fingerprint density at radius 3 is 2.68 bits per heavy atom. The molecule has 0 fully saturated rings. The molecule has 1 aliphatic heterocycles. The van der Waals surface area contributed by atoms with Crippen LogP contribution in [0.1, 0.15) is 5.56 Å². The van der Waals surface area contributed by atoms with Crippen LogP contribution < -0.4 is 15.4 Å². The highest BCUT2D eigenvalue weighted by Gasteiger charge is 2.36. The number of halogens is 1. The summed E-state index contributed by atoms with van der Waals surface area (Å²) in [5.74, 6) is -0.00665. The Labute approximate surface area is 118 Å². The number of hydrogen-bond donors (Lipinski definition) is 3. The standard InChI is InChI=1S/C13H12BrN3O2/c1-19-10-4-2-8(3-5-10)13(18)16-11-6-9(14)7-15-12(11)17-13/h2-7,16,18H,1H3,(H,15,17)/t13-/m0/s1. The molecule has 0 spiro atoms. The van der Waals surface area contributed by atoms with E-state index in [9.17, 15) is 5.11 Å². The third kappa shape index (κ3) is 2.13. The molecule has 2 aromatic rings. The van der Waals surface area contributed by atoms with Crippen LogP contribution >= 0.6 is 15.9 Å². The summed E-state index contributed by atoms with van der Waals surface area (Å²) in [4.78, 5) is 4.21. The van der Waals surface area contributed by atoms with Crippen molar-refractivity contribution in [2.75, 3.05) is 17.7 Å². The number of rotatable bonds is 2. The molecule has 0 saturated heterocycles. The lowest BCUT2D eigenvalue weighted by atomic mass is 10.1. The fraction of sp³-hybridized carbons (Fsp3) is 0.154. The Bertz CT molecular complexity index is 618. The lowest BCUT2D eigenvalue weighted by Crippen LogP contribution is -2.38. The predicted octanol–water partition coefficient (Wildman–Crippen LogP) is 2.49. The van der Waals surface area contributed by atoms with E-state index in [1.54, 1.807) is 37.6 Å². The second kappa shape index (κ2) is 4.40. The maximum atomic E-state index is 10.6. The van der Waals surface area contributed by atoms with Crippen LogP contribution in [0.2, 0.25) is 0 Å². The van der Waals surface area contributed by atoms with Gasteiger partial charge in [-0.15, -0.1) is 0 Å². The molecule has 19 heavy (non-hydrogen) atoms. The molecule has 1 aliphatic rings. The van der Waals surface area contributed by atoms with Crippen LogP contribution in [0.3, 0.4) is 0 Å². The van der Waals surface area contributed by atoms with Gasteiger partial charge in [-0.2, -0.15) is 0 Å². The number of anilines is 2. The van der Waals surface area contributed by atoms with Crippen molar-refractivity contribution in [2.45, 2.75) is 5.85 Å². The van der Waals surface area contributed by atoms with Crippen molar-refractivity contribution < 1.29 is 9.84 Å². The number of pyridine rings is 1. The van der Waals surface area contributed by atoms with Gasteiger partial charge in [0.1, 0.15) is 5.75 Å². The molecule has 0 saturated carbocycles. The van der Waals surface area contributed by atoms with Crippen molar-refractivity contribution in [3.63, 3.8) is 0 Å². The fourth-order valence-electron chi connectivity index (χ4n) is 2.01. The Morgan fingerprint density at radius 2 is 2.00 bits per heavy atom. The zero-order valence-electron chi connectivity index (χ0n) is 10.1. The number of benzene rings is 1. The minimum Gasteiger partial charge on any atom is -0.497 e. The number of aliphatic hydroxyl groups is 1. The van der Waals surface area contributed by atoms with E-state index in [1.165, 1.54) is 0 Å². The van der Waals surface area contributed by atoms with Crippen molar-refractivity contribution in [2.24, 2.45) is 0 Å². The molecule has 0 aliphatic carbocycles. The second-order valence-electron chi connectivity index (χ2n) is 4.24. The number of fused-ring (bicyclic) bond motifs is 1. The third-order valence-corrected chi connectivity index (χ3v) is 3.41. The summed E-state index contributed by atoms with van der Waals surface area (Å²) < 4.78 is 5.95. The summed E-state index contributed by atoms with van der Waals surface area (Å²) in [6.45, 7) is 0. The quantitative estimate of drug-likeness (QED) is 0.793. The number of methoxy groups -OCH3 is 1. The van der Waals surface area contributed by atoms with E-state index < -0.39 is 5.85 Å². The van der Waals surface area contributed by atoms with Gasteiger partial charge in [0.2, 0.25) is 5.85 Å². The topological polar surface area (TPSA) is 66.4 Å². The first kappa shape index (κ1) is 12.3. The van der Waals surface area contributed by atoms with Gasteiger partial charge in [-0.25, -0.2) is 4.98 Å². The zero-order valence-corrected chi connectivity index (χ0v) is 11.7. The average Bonchev–Trinajstić information content (AvgIpc) is 2.75. The number of nitrogens with one attached hydrogen (secondary N) is 2. The molecule has 98 valence electrons. The van der Waals surface area contributed by atoms with E-state index >= 15 is 0 Å². The van der Waals surface area contributed by atoms with Gasteiger partial charge < -0.3 is 20.5 Å². The summed E-state index contributed by atoms with van der Waals surface area (Å²) in [6, 6.07) is 9.03. The molecule has 2 heterocycles. The van der Waals surface area contributed by atoms with Crippen molar-refractivity contribution >= 4 is 27.4 Å². The van der Waals surface area contributed by atoms with Crippen molar-refractivity contribution in [1.29, 1.82) is 0 Å². The predicted molar refractivity (Wildman–Crippen MR) is 76.1 cm³/mol. The Balaban J connectivity index is 1.93. The van der Waals surface area contributed by atoms with E-state index in [2.05, 4.69) is 31.5 Å². The first-order valence-corrected chi connectivity index (χ1v) is 6.49. The SMILES string of the molecule is COc1ccc([C@]2(O)Nc3cc(Br)cnc3N2)cc1. The van der Waals surface area contributed by atoms with Gasteiger partial charge in [0.05, 0.1) is 12.8 Å². The minimum absolute atomic E-state index is 0.613. The molecule has 1 atom stereocenters. The molecule has 5 nitrogen and oxygen atoms in total. The van der Waals surface area contributed by atoms with Crippen LogP contribution in [-0.4, -0.2) is 17.2 Å². The molecule has 1 aromatic heterocycles. The van der Waals surface area contributed by atoms with E-state index in [0.717, 1.165) is 15.9 Å². The number of nitrogens with zero attached hydrogens (tertiary/aromatic N) is 1. The van der Waals surface area contributed by atoms with Gasteiger partial charge >= 0.3 is 0 Å². The molecule has 3 N–H and O–H groups in total. The molecular weight excluding hydrogens is 310 g/mol. The van der Waals surface area contributed by atoms with Crippen LogP contribution in [0.15, 0.2) is 41.0 Å². The largest absolute Gasteiger partial charge is 0.497 e. The number of aromatic nitrogens is 1. The number of ether oxygens (including phenoxy) is 1. The monoisotopic (exact) mass is 321 g/mol. The molecule has 1 aromatic carbocycles. The smallest absolute Gasteiger partial charge is 0.243 e. The van der Waals surface area contributed by atoms with Gasteiger partial charge in [-0.1, -0.05) is 0 Å². The first-order chi connectivity index (χ1) is 9.10. The Morgan fingerprint density at radius 1 is 1.26 bits per heavy atom. The summed E-state index contributed by atoms with van der Waals surface area (Å²) in [6.07, 6.45) is 1.67. The van der Waals surface area contributed by atoms with Crippen LogP contribution in [0.4, 0.5) is 11.5 Å². The van der Waals surface area contributed by atoms with Crippen LogP contribution in [0.25, 0.3) is 0 Å². The highest BCUT2D eigenvalue weighted by Crippen LogP contribution is 2.37. The zero-order chi connectivity index (χ0) is 13.5. The van der Waals surface area contributed by atoms with Gasteiger partial charge in [0.25, 0.3) is 0 Å². The van der Waals surface area contributed by atoms with Crippen LogP contribution in [0.5, 0.6) is 5.75 Å². The second-order valence-corrected chi connectivity index (χ2v) is 5.15. The molecule has 0 radical (unpaired) electrons.